The molecule has 1 rings (SSSR count). The molecule has 12 heteroatoms. The lowest BCUT2D eigenvalue weighted by Crippen LogP contribution is -2.61. The lowest BCUT2D eigenvalue weighted by atomic mass is 9.98. The second kappa shape index (κ2) is 51.7. The van der Waals surface area contributed by atoms with Gasteiger partial charge in [0, 0.05) is 19.3 Å². The van der Waals surface area contributed by atoms with Crippen molar-refractivity contribution < 1.29 is 58.2 Å². The first kappa shape index (κ1) is 70.0. The Morgan fingerprint density at radius 1 is 0.453 bits per heavy atom. The van der Waals surface area contributed by atoms with Crippen molar-refractivity contribution in [3.05, 3.63) is 36.5 Å². The van der Waals surface area contributed by atoms with E-state index in [0.717, 1.165) is 77.0 Å². The Morgan fingerprint density at radius 2 is 0.840 bits per heavy atom. The van der Waals surface area contributed by atoms with E-state index in [1.54, 1.807) is 0 Å². The third-order valence-corrected chi connectivity index (χ3v) is 14.2. The van der Waals surface area contributed by atoms with Crippen LogP contribution in [0.4, 0.5) is 0 Å². The van der Waals surface area contributed by atoms with E-state index in [4.69, 9.17) is 23.7 Å². The molecule has 0 spiro atoms. The second-order valence-electron chi connectivity index (χ2n) is 21.3. The molecule has 0 radical (unpaired) electrons. The summed E-state index contributed by atoms with van der Waals surface area (Å²) >= 11 is 0. The fourth-order valence-electron chi connectivity index (χ4n) is 9.50. The maximum atomic E-state index is 13.2. The summed E-state index contributed by atoms with van der Waals surface area (Å²) in [6.45, 7) is 5.90. The van der Waals surface area contributed by atoms with Crippen molar-refractivity contribution in [1.29, 1.82) is 0 Å². The lowest BCUT2D eigenvalue weighted by molar-refractivity contribution is -0.301. The molecule has 1 saturated heterocycles. The molecule has 75 heavy (non-hydrogen) atoms. The van der Waals surface area contributed by atoms with Crippen LogP contribution in [0.3, 0.4) is 0 Å². The molecule has 1 aliphatic rings. The van der Waals surface area contributed by atoms with Crippen LogP contribution in [0.25, 0.3) is 0 Å². The molecule has 1 fully saturated rings. The third kappa shape index (κ3) is 41.7. The topological polar surface area (TPSA) is 175 Å². The third-order valence-electron chi connectivity index (χ3n) is 14.2. The minimum Gasteiger partial charge on any atom is -0.479 e. The molecule has 1 heterocycles. The van der Waals surface area contributed by atoms with Crippen molar-refractivity contribution in [3.8, 4) is 0 Å². The Labute approximate surface area is 457 Å². The Bertz CT molecular complexity index is 1450. The van der Waals surface area contributed by atoms with E-state index in [2.05, 4.69) is 57.2 Å². The Hall–Kier alpha value is -3.06. The van der Waals surface area contributed by atoms with Crippen LogP contribution in [0.5, 0.6) is 0 Å². The minimum absolute atomic E-state index is 0.0288. The van der Waals surface area contributed by atoms with Gasteiger partial charge in [-0.25, -0.2) is 4.79 Å². The first-order chi connectivity index (χ1) is 36.6. The normalized spacial score (nSPS) is 18.3. The van der Waals surface area contributed by atoms with Gasteiger partial charge in [0.15, 0.2) is 24.6 Å². The number of unbranched alkanes of at least 4 members (excludes halogenated alkanes) is 33. The standard InChI is InChI=1S/C63H112O12/c1-4-7-10-13-16-19-22-25-27-28-30-32-34-37-40-43-46-49-55(64)71-52-54(73-56(65)50-47-44-41-38-36-33-29-26-23-20-17-14-11-8-5-2)53-72-63-61(59(68)58(67)60(75-63)62(69)70)74-57(66)51-48-45-42-39-35-31-24-21-18-15-12-9-6-3/h9,12,18,21,31,35,54,58-61,63,67-68H,4-8,10-11,13-17,19-20,22-30,32-34,36-53H2,1-3H3,(H,69,70)/b12-9-,21-18-,35-31-. The van der Waals surface area contributed by atoms with Crippen molar-refractivity contribution in [2.75, 3.05) is 13.2 Å². The highest BCUT2D eigenvalue weighted by Gasteiger charge is 2.50. The number of aliphatic carboxylic acids is 1. The molecule has 0 amide bonds. The smallest absolute Gasteiger partial charge is 0.335 e. The van der Waals surface area contributed by atoms with Crippen LogP contribution >= 0.6 is 0 Å². The SMILES string of the molecule is CC/C=C\C/C=C\C/C=C\CCCCCC(=O)OC1C(OCC(COC(=O)CCCCCCCCCCCCCCCCCCC)OC(=O)CCCCCCCCCCCCCCCCC)OC(C(=O)O)C(O)C1O. The number of hydrogen-bond donors (Lipinski definition) is 3. The van der Waals surface area contributed by atoms with Gasteiger partial charge in [-0.15, -0.1) is 0 Å². The van der Waals surface area contributed by atoms with Crippen LogP contribution in [0.15, 0.2) is 36.5 Å². The highest BCUT2D eigenvalue weighted by atomic mass is 16.7. The number of hydrogen-bond acceptors (Lipinski definition) is 11. The predicted molar refractivity (Wildman–Crippen MR) is 303 cm³/mol. The van der Waals surface area contributed by atoms with E-state index < -0.39 is 67.3 Å². The molecule has 6 atom stereocenters. The quantitative estimate of drug-likeness (QED) is 0.0228. The fraction of sp³-hybridized carbons (Fsp3) is 0.841. The van der Waals surface area contributed by atoms with Crippen LogP contribution in [-0.2, 0) is 42.9 Å². The van der Waals surface area contributed by atoms with Gasteiger partial charge in [0.25, 0.3) is 0 Å². The summed E-state index contributed by atoms with van der Waals surface area (Å²) in [5, 5.41) is 31.5. The van der Waals surface area contributed by atoms with E-state index in [1.165, 1.54) is 154 Å². The summed E-state index contributed by atoms with van der Waals surface area (Å²) in [4.78, 5) is 51.2. The zero-order valence-electron chi connectivity index (χ0n) is 48.1. The number of rotatable bonds is 53. The predicted octanol–water partition coefficient (Wildman–Crippen LogP) is 16.0. The number of allylic oxidation sites excluding steroid dienone is 6. The molecule has 0 aromatic carbocycles. The largest absolute Gasteiger partial charge is 0.479 e. The first-order valence-corrected chi connectivity index (χ1v) is 31.0. The molecule has 6 unspecified atom stereocenters. The van der Waals surface area contributed by atoms with Crippen molar-refractivity contribution in [2.45, 2.75) is 327 Å². The van der Waals surface area contributed by atoms with Crippen LogP contribution in [0.1, 0.15) is 290 Å². The number of ether oxygens (including phenoxy) is 5. The zero-order valence-corrected chi connectivity index (χ0v) is 48.1. The van der Waals surface area contributed by atoms with Gasteiger partial charge in [-0.2, -0.15) is 0 Å². The molecule has 0 aliphatic carbocycles. The fourth-order valence-corrected chi connectivity index (χ4v) is 9.50. The monoisotopic (exact) mass is 1060 g/mol. The van der Waals surface area contributed by atoms with Crippen LogP contribution < -0.4 is 0 Å². The minimum atomic E-state index is -1.91. The summed E-state index contributed by atoms with van der Waals surface area (Å²) in [6.07, 6.45) is 48.3. The van der Waals surface area contributed by atoms with Gasteiger partial charge in [-0.05, 0) is 51.4 Å². The molecule has 0 aromatic heterocycles. The molecular weight excluding hydrogens is 949 g/mol. The lowest BCUT2D eigenvalue weighted by Gasteiger charge is -2.40. The Kier molecular flexibility index (Phi) is 48.2. The van der Waals surface area contributed by atoms with Gasteiger partial charge in [0.05, 0.1) is 6.61 Å². The van der Waals surface area contributed by atoms with Crippen molar-refractivity contribution in [2.24, 2.45) is 0 Å². The summed E-state index contributed by atoms with van der Waals surface area (Å²) in [6, 6.07) is 0. The van der Waals surface area contributed by atoms with Crippen LogP contribution in [-0.4, -0.2) is 89.2 Å². The number of carboxylic acid groups (broad SMARTS) is 1. The molecule has 3 N–H and O–H groups in total. The van der Waals surface area contributed by atoms with E-state index in [9.17, 15) is 34.5 Å². The van der Waals surface area contributed by atoms with Gasteiger partial charge >= 0.3 is 23.9 Å². The van der Waals surface area contributed by atoms with Crippen LogP contribution in [0, 0.1) is 0 Å². The van der Waals surface area contributed by atoms with Gasteiger partial charge < -0.3 is 39.0 Å². The Morgan fingerprint density at radius 3 is 1.28 bits per heavy atom. The van der Waals surface area contributed by atoms with Crippen molar-refractivity contribution >= 4 is 23.9 Å². The maximum Gasteiger partial charge on any atom is 0.335 e. The van der Waals surface area contributed by atoms with Gasteiger partial charge in [0.1, 0.15) is 18.8 Å². The van der Waals surface area contributed by atoms with Crippen molar-refractivity contribution in [3.63, 3.8) is 0 Å². The molecule has 0 aromatic rings. The van der Waals surface area contributed by atoms with E-state index >= 15 is 0 Å². The molecule has 436 valence electrons. The van der Waals surface area contributed by atoms with Gasteiger partial charge in [-0.3, -0.25) is 14.4 Å². The number of aliphatic hydroxyl groups excluding tert-OH is 2. The molecule has 1 aliphatic heterocycles. The number of aliphatic hydroxyl groups is 2. The summed E-state index contributed by atoms with van der Waals surface area (Å²) < 4.78 is 28.5. The molecule has 0 saturated carbocycles. The average molecular weight is 1060 g/mol. The van der Waals surface area contributed by atoms with E-state index in [0.29, 0.717) is 19.3 Å². The number of carbonyl (C=O) groups excluding carboxylic acids is 3. The summed E-state index contributed by atoms with van der Waals surface area (Å²) in [5.74, 6) is -3.13. The summed E-state index contributed by atoms with van der Waals surface area (Å²) in [5.41, 5.74) is 0. The molecule has 0 bridgehead atoms. The number of esters is 3. The van der Waals surface area contributed by atoms with Crippen LogP contribution in [0.2, 0.25) is 0 Å². The Balaban J connectivity index is 2.67. The molecular formula is C63H112O12. The maximum absolute atomic E-state index is 13.2. The van der Waals surface area contributed by atoms with E-state index in [1.807, 2.05) is 0 Å². The second-order valence-corrected chi connectivity index (χ2v) is 21.3. The molecule has 12 nitrogen and oxygen atoms in total. The van der Waals surface area contributed by atoms with Gasteiger partial charge in [0.2, 0.25) is 0 Å². The highest BCUT2D eigenvalue weighted by molar-refractivity contribution is 5.74. The van der Waals surface area contributed by atoms with Crippen molar-refractivity contribution in [1.82, 2.24) is 0 Å². The zero-order chi connectivity index (χ0) is 54.7. The summed E-state index contributed by atoms with van der Waals surface area (Å²) in [7, 11) is 0. The number of carboxylic acids is 1. The van der Waals surface area contributed by atoms with E-state index in [-0.39, 0.29) is 25.9 Å². The number of carbonyl (C=O) groups is 4. The average Bonchev–Trinajstić information content (AvgIpc) is 3.39. The first-order valence-electron chi connectivity index (χ1n) is 31.0. The van der Waals surface area contributed by atoms with Gasteiger partial charge in [-0.1, -0.05) is 256 Å². The highest BCUT2D eigenvalue weighted by Crippen LogP contribution is 2.27.